The van der Waals surface area contributed by atoms with Gasteiger partial charge < -0.3 is 19.0 Å². The van der Waals surface area contributed by atoms with Gasteiger partial charge in [0.05, 0.1) is 18.1 Å². The third-order valence-corrected chi connectivity index (χ3v) is 5.50. The first-order valence-corrected chi connectivity index (χ1v) is 11.1. The van der Waals surface area contributed by atoms with E-state index in [2.05, 4.69) is 4.98 Å². The molecule has 0 aromatic carbocycles. The van der Waals surface area contributed by atoms with Gasteiger partial charge in [-0.25, -0.2) is 4.79 Å². The SMILES string of the molecule is CCOCCCCCCCCCc1cc2cn([C@@H]3CC[C@H](CO)O3)c(=O)nc2o1. The highest BCUT2D eigenvalue weighted by atomic mass is 16.5. The summed E-state index contributed by atoms with van der Waals surface area (Å²) in [4.78, 5) is 16.4. The van der Waals surface area contributed by atoms with Crippen molar-refractivity contribution in [3.63, 3.8) is 0 Å². The highest BCUT2D eigenvalue weighted by molar-refractivity contribution is 5.72. The van der Waals surface area contributed by atoms with Crippen LogP contribution in [-0.4, -0.2) is 40.6 Å². The van der Waals surface area contributed by atoms with E-state index in [0.29, 0.717) is 12.1 Å². The Morgan fingerprint density at radius 1 is 1.17 bits per heavy atom. The lowest BCUT2D eigenvalue weighted by Crippen LogP contribution is -2.27. The molecule has 162 valence electrons. The molecule has 29 heavy (non-hydrogen) atoms. The lowest BCUT2D eigenvalue weighted by molar-refractivity contribution is -0.0243. The van der Waals surface area contributed by atoms with Crippen LogP contribution in [0.1, 0.15) is 76.7 Å². The molecule has 1 aliphatic heterocycles. The van der Waals surface area contributed by atoms with Crippen molar-refractivity contribution in [2.45, 2.75) is 83.5 Å². The van der Waals surface area contributed by atoms with Crippen molar-refractivity contribution in [2.75, 3.05) is 19.8 Å². The van der Waals surface area contributed by atoms with Crippen molar-refractivity contribution < 1.29 is 19.0 Å². The lowest BCUT2D eigenvalue weighted by atomic mass is 10.1. The molecule has 7 heteroatoms. The van der Waals surface area contributed by atoms with E-state index in [9.17, 15) is 9.90 Å². The van der Waals surface area contributed by atoms with Crippen LogP contribution in [0.4, 0.5) is 0 Å². The third-order valence-electron chi connectivity index (χ3n) is 5.50. The van der Waals surface area contributed by atoms with Crippen molar-refractivity contribution in [3.05, 3.63) is 28.5 Å². The summed E-state index contributed by atoms with van der Waals surface area (Å²) in [5, 5.41) is 10.0. The second-order valence-corrected chi connectivity index (χ2v) is 7.80. The first-order chi connectivity index (χ1) is 14.2. The van der Waals surface area contributed by atoms with Crippen LogP contribution in [0.2, 0.25) is 0 Å². The summed E-state index contributed by atoms with van der Waals surface area (Å²) < 4.78 is 18.3. The van der Waals surface area contributed by atoms with Crippen molar-refractivity contribution in [1.29, 1.82) is 0 Å². The van der Waals surface area contributed by atoms with E-state index in [1.807, 2.05) is 13.0 Å². The van der Waals surface area contributed by atoms with Gasteiger partial charge in [0.1, 0.15) is 12.0 Å². The van der Waals surface area contributed by atoms with Crippen LogP contribution in [0, 0.1) is 0 Å². The van der Waals surface area contributed by atoms with Crippen molar-refractivity contribution in [3.8, 4) is 0 Å². The number of aliphatic hydroxyl groups is 1. The van der Waals surface area contributed by atoms with Crippen LogP contribution >= 0.6 is 0 Å². The van der Waals surface area contributed by atoms with Crippen LogP contribution < -0.4 is 5.69 Å². The molecule has 0 saturated carbocycles. The van der Waals surface area contributed by atoms with Crippen LogP contribution in [0.15, 0.2) is 21.5 Å². The zero-order valence-corrected chi connectivity index (χ0v) is 17.5. The van der Waals surface area contributed by atoms with E-state index in [0.717, 1.165) is 50.0 Å². The predicted molar refractivity (Wildman–Crippen MR) is 111 cm³/mol. The molecule has 0 unspecified atom stereocenters. The van der Waals surface area contributed by atoms with E-state index in [-0.39, 0.29) is 24.6 Å². The maximum absolute atomic E-state index is 12.3. The van der Waals surface area contributed by atoms with Crippen LogP contribution in [-0.2, 0) is 15.9 Å². The van der Waals surface area contributed by atoms with E-state index < -0.39 is 0 Å². The third kappa shape index (κ3) is 6.39. The van der Waals surface area contributed by atoms with E-state index in [1.54, 1.807) is 6.20 Å². The zero-order chi connectivity index (χ0) is 20.5. The Hall–Kier alpha value is -1.70. The molecule has 1 aliphatic rings. The smallest absolute Gasteiger partial charge is 0.353 e. The Bertz CT molecular complexity index is 800. The molecule has 0 radical (unpaired) electrons. The summed E-state index contributed by atoms with van der Waals surface area (Å²) in [7, 11) is 0. The second kappa shape index (κ2) is 11.5. The minimum Gasteiger partial charge on any atom is -0.443 e. The van der Waals surface area contributed by atoms with Gasteiger partial charge in [0.15, 0.2) is 0 Å². The number of fused-ring (bicyclic) bond motifs is 1. The lowest BCUT2D eigenvalue weighted by Gasteiger charge is -2.14. The number of hydrogen-bond donors (Lipinski definition) is 1. The number of nitrogens with zero attached hydrogens (tertiary/aromatic N) is 2. The van der Waals surface area contributed by atoms with Crippen LogP contribution in [0.3, 0.4) is 0 Å². The summed E-state index contributed by atoms with van der Waals surface area (Å²) in [6, 6.07) is 1.98. The molecule has 0 amide bonds. The summed E-state index contributed by atoms with van der Waals surface area (Å²) in [5.41, 5.74) is 0.0265. The van der Waals surface area contributed by atoms with E-state index in [4.69, 9.17) is 13.9 Å². The minimum atomic E-state index is -0.369. The van der Waals surface area contributed by atoms with Gasteiger partial charge in [-0.15, -0.1) is 0 Å². The molecular weight excluding hydrogens is 372 g/mol. The topological polar surface area (TPSA) is 86.7 Å². The summed E-state index contributed by atoms with van der Waals surface area (Å²) in [5.74, 6) is 0.877. The number of hydrogen-bond acceptors (Lipinski definition) is 6. The number of rotatable bonds is 13. The molecule has 2 aromatic heterocycles. The molecule has 1 N–H and O–H groups in total. The average Bonchev–Trinajstić information content (AvgIpc) is 3.35. The normalized spacial score (nSPS) is 19.4. The maximum atomic E-state index is 12.3. The Labute approximate surface area is 172 Å². The Balaban J connectivity index is 1.42. The molecule has 0 aliphatic carbocycles. The fourth-order valence-corrected chi connectivity index (χ4v) is 3.86. The number of aliphatic hydroxyl groups excluding tert-OH is 1. The first-order valence-electron chi connectivity index (χ1n) is 11.1. The molecule has 0 bridgehead atoms. The largest absolute Gasteiger partial charge is 0.443 e. The summed E-state index contributed by atoms with van der Waals surface area (Å²) in [6.45, 7) is 3.71. The van der Waals surface area contributed by atoms with E-state index in [1.165, 1.54) is 36.7 Å². The quantitative estimate of drug-likeness (QED) is 0.507. The number of unbranched alkanes of at least 4 members (excludes halogenated alkanes) is 6. The van der Waals surface area contributed by atoms with Gasteiger partial charge in [0.25, 0.3) is 0 Å². The Kier molecular flexibility index (Phi) is 8.70. The maximum Gasteiger partial charge on any atom is 0.353 e. The molecule has 0 spiro atoms. The molecule has 7 nitrogen and oxygen atoms in total. The highest BCUT2D eigenvalue weighted by Crippen LogP contribution is 2.28. The fraction of sp³-hybridized carbons (Fsp3) is 0.727. The monoisotopic (exact) mass is 406 g/mol. The predicted octanol–water partition coefficient (Wildman–Crippen LogP) is 3.97. The number of furan rings is 1. The van der Waals surface area contributed by atoms with Gasteiger partial charge in [-0.1, -0.05) is 32.1 Å². The second-order valence-electron chi connectivity index (χ2n) is 7.80. The van der Waals surface area contributed by atoms with Crippen molar-refractivity contribution in [1.82, 2.24) is 9.55 Å². The van der Waals surface area contributed by atoms with Crippen molar-refractivity contribution in [2.24, 2.45) is 0 Å². The standard InChI is InChI=1S/C22H34N2O5/c1-2-27-13-9-7-5-3-4-6-8-10-18-14-17-15-24(22(26)23-21(17)29-18)20-12-11-19(16-25)28-20/h14-15,19-20,25H,2-13,16H2,1H3/t19-,20+/m1/s1. The van der Waals surface area contributed by atoms with Gasteiger partial charge in [-0.05, 0) is 38.7 Å². The average molecular weight is 407 g/mol. The van der Waals surface area contributed by atoms with Gasteiger partial charge in [-0.2, -0.15) is 4.98 Å². The van der Waals surface area contributed by atoms with Crippen LogP contribution in [0.5, 0.6) is 0 Å². The molecule has 3 heterocycles. The van der Waals surface area contributed by atoms with Gasteiger partial charge in [-0.3, -0.25) is 4.57 Å². The molecular formula is C22H34N2O5. The Morgan fingerprint density at radius 3 is 2.66 bits per heavy atom. The molecule has 1 fully saturated rings. The summed E-state index contributed by atoms with van der Waals surface area (Å²) >= 11 is 0. The molecule has 1 saturated heterocycles. The minimum absolute atomic E-state index is 0.0238. The first kappa shape index (κ1) is 22.0. The Morgan fingerprint density at radius 2 is 1.93 bits per heavy atom. The summed E-state index contributed by atoms with van der Waals surface area (Å²) in [6.07, 6.45) is 12.0. The van der Waals surface area contributed by atoms with Crippen LogP contribution in [0.25, 0.3) is 11.1 Å². The number of aromatic nitrogens is 2. The molecule has 2 atom stereocenters. The van der Waals surface area contributed by atoms with Gasteiger partial charge in [0, 0.05) is 25.8 Å². The number of ether oxygens (including phenoxy) is 2. The molecule has 2 aromatic rings. The molecule has 3 rings (SSSR count). The van der Waals surface area contributed by atoms with Gasteiger partial charge >= 0.3 is 5.69 Å². The van der Waals surface area contributed by atoms with Crippen molar-refractivity contribution >= 4 is 11.1 Å². The highest BCUT2D eigenvalue weighted by Gasteiger charge is 2.27. The zero-order valence-electron chi connectivity index (χ0n) is 17.5. The van der Waals surface area contributed by atoms with E-state index >= 15 is 0 Å². The fourth-order valence-electron chi connectivity index (χ4n) is 3.86. The van der Waals surface area contributed by atoms with Gasteiger partial charge in [0.2, 0.25) is 5.71 Å². The number of aryl methyl sites for hydroxylation is 1.